The first kappa shape index (κ1) is 23.1. The number of carbonyl (C=O) groups is 2. The number of aryl methyl sites for hydroxylation is 1. The second-order valence-corrected chi connectivity index (χ2v) is 10.4. The van der Waals surface area contributed by atoms with Gasteiger partial charge in [-0.05, 0) is 48.3 Å². The maximum Gasteiger partial charge on any atom is 0.237 e. The number of carbonyl (C=O) groups excluding carboxylic acids is 2. The Morgan fingerprint density at radius 1 is 1.12 bits per heavy atom. The molecule has 3 heterocycles. The summed E-state index contributed by atoms with van der Waals surface area (Å²) in [5.41, 5.74) is 4.81. The number of nitrogens with one attached hydrogen (secondary N) is 3. The van der Waals surface area contributed by atoms with E-state index in [2.05, 4.69) is 69.6 Å². The minimum absolute atomic E-state index is 0.00967. The van der Waals surface area contributed by atoms with Gasteiger partial charge in [0.15, 0.2) is 0 Å². The molecule has 3 aliphatic heterocycles. The number of hydrogen-bond acceptors (Lipinski definition) is 5. The van der Waals surface area contributed by atoms with E-state index in [-0.39, 0.29) is 35.3 Å². The van der Waals surface area contributed by atoms with E-state index in [1.165, 1.54) is 22.3 Å². The highest BCUT2D eigenvalue weighted by molar-refractivity contribution is 8.04. The van der Waals surface area contributed by atoms with E-state index in [0.717, 1.165) is 32.4 Å². The Labute approximate surface area is 205 Å². The Hall–Kier alpha value is -2.61. The lowest BCUT2D eigenvalue weighted by Crippen LogP contribution is -2.68. The number of thioether (sulfide) groups is 1. The van der Waals surface area contributed by atoms with E-state index in [1.54, 1.807) is 11.8 Å². The Kier molecular flexibility index (Phi) is 7.04. The molecular weight excluding hydrogens is 444 g/mol. The molecule has 3 N–H and O–H groups in total. The lowest BCUT2D eigenvalue weighted by molar-refractivity contribution is -0.129. The summed E-state index contributed by atoms with van der Waals surface area (Å²) in [4.78, 5) is 27.8. The molecule has 178 valence electrons. The van der Waals surface area contributed by atoms with E-state index < -0.39 is 0 Å². The number of benzene rings is 2. The molecular formula is C27H32N4O2S. The molecule has 34 heavy (non-hydrogen) atoms. The van der Waals surface area contributed by atoms with Gasteiger partial charge in [-0.3, -0.25) is 19.8 Å². The van der Waals surface area contributed by atoms with Crippen LogP contribution in [0.5, 0.6) is 0 Å². The third-order valence-electron chi connectivity index (χ3n) is 7.03. The van der Waals surface area contributed by atoms with Crippen LogP contribution in [-0.4, -0.2) is 53.9 Å². The van der Waals surface area contributed by atoms with Gasteiger partial charge in [-0.2, -0.15) is 0 Å². The number of nitrogens with zero attached hydrogens (tertiary/aromatic N) is 1. The predicted octanol–water partition coefficient (Wildman–Crippen LogP) is 2.89. The van der Waals surface area contributed by atoms with Crippen molar-refractivity contribution in [1.82, 2.24) is 20.9 Å². The summed E-state index contributed by atoms with van der Waals surface area (Å²) in [6.07, 6.45) is 2.24. The monoisotopic (exact) mass is 476 g/mol. The van der Waals surface area contributed by atoms with Crippen LogP contribution in [0.25, 0.3) is 5.57 Å². The molecule has 2 saturated heterocycles. The van der Waals surface area contributed by atoms with Crippen molar-refractivity contribution >= 4 is 29.1 Å². The third kappa shape index (κ3) is 5.06. The molecule has 0 radical (unpaired) electrons. The first-order valence-electron chi connectivity index (χ1n) is 12.1. The number of likely N-dealkylation sites (tertiary alicyclic amines) is 1. The second-order valence-electron chi connectivity index (χ2n) is 9.39. The van der Waals surface area contributed by atoms with Crippen LogP contribution < -0.4 is 16.0 Å². The highest BCUT2D eigenvalue weighted by Gasteiger charge is 2.44. The molecule has 2 aromatic rings. The molecule has 0 spiro atoms. The molecule has 0 bridgehead atoms. The van der Waals surface area contributed by atoms with Gasteiger partial charge in [-0.25, -0.2) is 0 Å². The Bertz CT molecular complexity index is 1070. The van der Waals surface area contributed by atoms with Crippen molar-refractivity contribution in [2.75, 3.05) is 19.6 Å². The fourth-order valence-electron chi connectivity index (χ4n) is 5.09. The van der Waals surface area contributed by atoms with Gasteiger partial charge in [0, 0.05) is 25.6 Å². The normalized spacial score (nSPS) is 25.4. The molecule has 0 saturated carbocycles. The van der Waals surface area contributed by atoms with Crippen molar-refractivity contribution in [2.45, 2.75) is 43.8 Å². The summed E-state index contributed by atoms with van der Waals surface area (Å²) in [7, 11) is 0. The minimum Gasteiger partial charge on any atom is -0.356 e. The highest BCUT2D eigenvalue weighted by Crippen LogP contribution is 2.39. The average Bonchev–Trinajstić information content (AvgIpc) is 3.29. The molecule has 3 atom stereocenters. The fraction of sp³-hybridized carbons (Fsp3) is 0.407. The van der Waals surface area contributed by atoms with Crippen LogP contribution >= 0.6 is 11.8 Å². The van der Waals surface area contributed by atoms with Crippen LogP contribution in [0.3, 0.4) is 0 Å². The molecule has 6 nitrogen and oxygen atoms in total. The van der Waals surface area contributed by atoms with Gasteiger partial charge < -0.3 is 10.6 Å². The molecule has 0 aliphatic carbocycles. The van der Waals surface area contributed by atoms with Crippen molar-refractivity contribution < 1.29 is 9.59 Å². The molecule has 5 rings (SSSR count). The van der Waals surface area contributed by atoms with E-state index in [9.17, 15) is 9.59 Å². The van der Waals surface area contributed by atoms with Gasteiger partial charge in [-0.15, -0.1) is 11.8 Å². The molecule has 2 amide bonds. The van der Waals surface area contributed by atoms with Crippen LogP contribution in [0.1, 0.15) is 29.5 Å². The number of piperidine rings is 1. The van der Waals surface area contributed by atoms with Crippen molar-refractivity contribution in [1.29, 1.82) is 0 Å². The van der Waals surface area contributed by atoms with E-state index >= 15 is 0 Å². The third-order valence-corrected chi connectivity index (χ3v) is 8.20. The lowest BCUT2D eigenvalue weighted by atomic mass is 9.94. The molecule has 3 aliphatic rings. The predicted molar refractivity (Wildman–Crippen MR) is 137 cm³/mol. The van der Waals surface area contributed by atoms with Crippen LogP contribution in [0.4, 0.5) is 0 Å². The smallest absolute Gasteiger partial charge is 0.237 e. The van der Waals surface area contributed by atoms with Gasteiger partial charge in [0.25, 0.3) is 0 Å². The van der Waals surface area contributed by atoms with Crippen LogP contribution in [0, 0.1) is 12.8 Å². The fourth-order valence-corrected chi connectivity index (χ4v) is 6.24. The zero-order valence-corrected chi connectivity index (χ0v) is 20.3. The number of hydrogen-bond donors (Lipinski definition) is 3. The Morgan fingerprint density at radius 2 is 1.91 bits per heavy atom. The first-order chi connectivity index (χ1) is 16.6. The zero-order valence-electron chi connectivity index (χ0n) is 19.5. The molecule has 3 unspecified atom stereocenters. The van der Waals surface area contributed by atoms with E-state index in [4.69, 9.17) is 0 Å². The van der Waals surface area contributed by atoms with Crippen molar-refractivity contribution in [3.8, 4) is 0 Å². The molecule has 2 fully saturated rings. The summed E-state index contributed by atoms with van der Waals surface area (Å²) in [5, 5.41) is 11.9. The molecule has 2 aromatic carbocycles. The number of rotatable bonds is 6. The van der Waals surface area contributed by atoms with Gasteiger partial charge in [0.1, 0.15) is 11.5 Å². The van der Waals surface area contributed by atoms with Crippen molar-refractivity contribution in [3.63, 3.8) is 0 Å². The lowest BCUT2D eigenvalue weighted by Gasteiger charge is -2.43. The van der Waals surface area contributed by atoms with Gasteiger partial charge in [0.05, 0.1) is 6.04 Å². The summed E-state index contributed by atoms with van der Waals surface area (Å²) in [6, 6.07) is 18.7. The van der Waals surface area contributed by atoms with Crippen LogP contribution in [0.2, 0.25) is 0 Å². The second kappa shape index (κ2) is 10.3. The summed E-state index contributed by atoms with van der Waals surface area (Å²) >= 11 is 1.59. The number of fused-ring (bicyclic) bond motifs is 1. The van der Waals surface area contributed by atoms with Gasteiger partial charge in [0.2, 0.25) is 11.8 Å². The van der Waals surface area contributed by atoms with Gasteiger partial charge >= 0.3 is 0 Å². The molecule has 0 aromatic heterocycles. The maximum absolute atomic E-state index is 12.9. The van der Waals surface area contributed by atoms with Crippen LogP contribution in [0.15, 0.2) is 60.0 Å². The molecule has 7 heteroatoms. The number of amides is 2. The maximum atomic E-state index is 12.9. The van der Waals surface area contributed by atoms with Crippen molar-refractivity contribution in [2.24, 2.45) is 5.92 Å². The zero-order chi connectivity index (χ0) is 23.5. The summed E-state index contributed by atoms with van der Waals surface area (Å²) < 4.78 is 0. The minimum atomic E-state index is -0.206. The topological polar surface area (TPSA) is 73.5 Å². The highest BCUT2D eigenvalue weighted by atomic mass is 32.2. The van der Waals surface area contributed by atoms with Crippen molar-refractivity contribution in [3.05, 3.63) is 76.7 Å². The van der Waals surface area contributed by atoms with Crippen LogP contribution in [-0.2, 0) is 16.0 Å². The first-order valence-corrected chi connectivity index (χ1v) is 13.1. The summed E-state index contributed by atoms with van der Waals surface area (Å²) in [6.45, 7) is 4.32. The van der Waals surface area contributed by atoms with Gasteiger partial charge in [-0.1, -0.05) is 60.2 Å². The Balaban J connectivity index is 1.14. The Morgan fingerprint density at radius 3 is 2.68 bits per heavy atom. The summed E-state index contributed by atoms with van der Waals surface area (Å²) in [5.74, 6) is 0.260. The average molecular weight is 477 g/mol. The van der Waals surface area contributed by atoms with E-state index in [0.29, 0.717) is 6.54 Å². The van der Waals surface area contributed by atoms with E-state index in [1.807, 2.05) is 18.2 Å². The quantitative estimate of drug-likeness (QED) is 0.598. The SMILES string of the molecule is Cc1cccc(C2=CSC3C(=O)NC(N4CCC(C(=O)NCCc5ccccc5)CC4)NC23)c1. The standard InChI is InChI=1S/C27H32N4O2S/c1-18-6-5-9-21(16-18)22-17-34-24-23(22)29-27(30-26(24)33)31-14-11-20(12-15-31)25(32)28-13-10-19-7-3-2-4-8-19/h2-9,16-17,20,23-24,27,29H,10-15H2,1H3,(H,28,32)(H,30,33). The largest absolute Gasteiger partial charge is 0.356 e.